The van der Waals surface area contributed by atoms with Crippen LogP contribution < -0.4 is 0 Å². The fourth-order valence-corrected chi connectivity index (χ4v) is 2.32. The van der Waals surface area contributed by atoms with Crippen molar-refractivity contribution < 1.29 is 9.90 Å². The Morgan fingerprint density at radius 1 is 1.69 bits per heavy atom. The summed E-state index contributed by atoms with van der Waals surface area (Å²) in [5.41, 5.74) is 1.20. The van der Waals surface area contributed by atoms with E-state index >= 15 is 0 Å². The molecule has 1 saturated carbocycles. The molecular formula is C11H18O2. The van der Waals surface area contributed by atoms with Crippen molar-refractivity contribution in [1.82, 2.24) is 0 Å². The highest BCUT2D eigenvalue weighted by Gasteiger charge is 2.42. The maximum absolute atomic E-state index is 10.9. The molecule has 1 aliphatic rings. The quantitative estimate of drug-likeness (QED) is 0.667. The number of carboxylic acid groups (broad SMARTS) is 1. The molecule has 0 heterocycles. The minimum absolute atomic E-state index is 0.00218. The van der Waals surface area contributed by atoms with Gasteiger partial charge in [0.1, 0.15) is 0 Å². The average molecular weight is 182 g/mol. The Bertz CT molecular complexity index is 240. The second-order valence-electron chi connectivity index (χ2n) is 4.60. The summed E-state index contributed by atoms with van der Waals surface area (Å²) >= 11 is 0. The van der Waals surface area contributed by atoms with Crippen molar-refractivity contribution in [2.24, 2.45) is 17.3 Å². The summed E-state index contributed by atoms with van der Waals surface area (Å²) in [5.74, 6) is -0.695. The molecular weight excluding hydrogens is 164 g/mol. The number of carbonyl (C=O) groups is 1. The zero-order chi connectivity index (χ0) is 10.2. The topological polar surface area (TPSA) is 37.3 Å². The Kier molecular flexibility index (Phi) is 2.51. The maximum atomic E-state index is 10.9. The highest BCUT2D eigenvalue weighted by atomic mass is 16.4. The molecule has 0 spiro atoms. The van der Waals surface area contributed by atoms with Gasteiger partial charge >= 0.3 is 5.97 Å². The number of aliphatic carboxylic acids is 1. The number of rotatable bonds is 2. The van der Waals surface area contributed by atoms with Gasteiger partial charge in [-0.1, -0.05) is 32.9 Å². The van der Waals surface area contributed by atoms with Crippen molar-refractivity contribution >= 4 is 5.97 Å². The van der Waals surface area contributed by atoms with Crippen LogP contribution in [0.2, 0.25) is 0 Å². The summed E-state index contributed by atoms with van der Waals surface area (Å²) in [6.45, 7) is 10.0. The number of hydrogen-bond donors (Lipinski definition) is 1. The van der Waals surface area contributed by atoms with E-state index < -0.39 is 5.97 Å². The van der Waals surface area contributed by atoms with Gasteiger partial charge in [0.25, 0.3) is 0 Å². The smallest absolute Gasteiger partial charge is 0.306 e. The molecule has 1 N–H and O–H groups in total. The SMILES string of the molecule is C=C1CC[C@H]([C@H](C)C(=O)O)C1(C)C. The summed E-state index contributed by atoms with van der Waals surface area (Å²) in [6, 6.07) is 0. The number of allylic oxidation sites excluding steroid dienone is 1. The van der Waals surface area contributed by atoms with Crippen LogP contribution in [0.25, 0.3) is 0 Å². The van der Waals surface area contributed by atoms with Crippen LogP contribution in [0.3, 0.4) is 0 Å². The van der Waals surface area contributed by atoms with Crippen molar-refractivity contribution in [2.75, 3.05) is 0 Å². The first-order valence-electron chi connectivity index (χ1n) is 4.78. The third-order valence-electron chi connectivity index (χ3n) is 3.59. The Balaban J connectivity index is 2.83. The lowest BCUT2D eigenvalue weighted by Gasteiger charge is -2.30. The van der Waals surface area contributed by atoms with Crippen LogP contribution >= 0.6 is 0 Å². The Hall–Kier alpha value is -0.790. The van der Waals surface area contributed by atoms with Crippen molar-refractivity contribution in [3.8, 4) is 0 Å². The number of carboxylic acids is 1. The molecule has 0 amide bonds. The van der Waals surface area contributed by atoms with Gasteiger partial charge in [-0.3, -0.25) is 4.79 Å². The van der Waals surface area contributed by atoms with E-state index in [1.807, 2.05) is 0 Å². The highest BCUT2D eigenvalue weighted by molar-refractivity contribution is 5.70. The van der Waals surface area contributed by atoms with Gasteiger partial charge in [-0.2, -0.15) is 0 Å². The normalized spacial score (nSPS) is 28.8. The molecule has 0 saturated heterocycles. The van der Waals surface area contributed by atoms with Gasteiger partial charge in [0.2, 0.25) is 0 Å². The number of hydrogen-bond acceptors (Lipinski definition) is 1. The molecule has 2 heteroatoms. The first-order valence-corrected chi connectivity index (χ1v) is 4.78. The zero-order valence-corrected chi connectivity index (χ0v) is 8.63. The largest absolute Gasteiger partial charge is 0.481 e. The Morgan fingerprint density at radius 3 is 2.54 bits per heavy atom. The molecule has 0 aromatic heterocycles. The molecule has 2 atom stereocenters. The lowest BCUT2D eigenvalue weighted by Crippen LogP contribution is -2.29. The van der Waals surface area contributed by atoms with Crippen LogP contribution in [0, 0.1) is 17.3 Å². The maximum Gasteiger partial charge on any atom is 0.306 e. The molecule has 13 heavy (non-hydrogen) atoms. The van der Waals surface area contributed by atoms with Crippen LogP contribution in [0.15, 0.2) is 12.2 Å². The molecule has 0 radical (unpaired) electrons. The van der Waals surface area contributed by atoms with E-state index in [-0.39, 0.29) is 17.3 Å². The molecule has 0 aliphatic heterocycles. The van der Waals surface area contributed by atoms with Gasteiger partial charge in [0.15, 0.2) is 0 Å². The zero-order valence-electron chi connectivity index (χ0n) is 8.63. The Morgan fingerprint density at radius 2 is 2.23 bits per heavy atom. The molecule has 0 unspecified atom stereocenters. The minimum Gasteiger partial charge on any atom is -0.481 e. The van der Waals surface area contributed by atoms with E-state index in [9.17, 15) is 4.79 Å². The fraction of sp³-hybridized carbons (Fsp3) is 0.727. The monoisotopic (exact) mass is 182 g/mol. The fourth-order valence-electron chi connectivity index (χ4n) is 2.32. The van der Waals surface area contributed by atoms with E-state index in [2.05, 4.69) is 20.4 Å². The van der Waals surface area contributed by atoms with E-state index in [0.717, 1.165) is 12.8 Å². The lowest BCUT2D eigenvalue weighted by molar-refractivity contribution is -0.144. The summed E-state index contributed by atoms with van der Waals surface area (Å²) in [7, 11) is 0. The standard InChI is InChI=1S/C11H18O2/c1-7-5-6-9(11(7,3)4)8(2)10(12)13/h8-9H,1,5-6H2,2-4H3,(H,12,13)/t8-,9+/m0/s1. The second kappa shape index (κ2) is 3.17. The Labute approximate surface area is 79.6 Å². The molecule has 74 valence electrons. The van der Waals surface area contributed by atoms with Gasteiger partial charge in [-0.05, 0) is 24.2 Å². The first-order chi connectivity index (χ1) is 5.87. The van der Waals surface area contributed by atoms with E-state index in [1.165, 1.54) is 5.57 Å². The van der Waals surface area contributed by atoms with Crippen molar-refractivity contribution in [1.29, 1.82) is 0 Å². The van der Waals surface area contributed by atoms with Gasteiger partial charge in [0, 0.05) is 0 Å². The summed E-state index contributed by atoms with van der Waals surface area (Å²) in [4.78, 5) is 10.9. The van der Waals surface area contributed by atoms with E-state index in [0.29, 0.717) is 0 Å². The van der Waals surface area contributed by atoms with Crippen LogP contribution in [0.4, 0.5) is 0 Å². The van der Waals surface area contributed by atoms with Crippen LogP contribution in [-0.2, 0) is 4.79 Å². The van der Waals surface area contributed by atoms with Gasteiger partial charge < -0.3 is 5.11 Å². The highest BCUT2D eigenvalue weighted by Crippen LogP contribution is 2.49. The summed E-state index contributed by atoms with van der Waals surface area (Å²) in [5, 5.41) is 8.93. The van der Waals surface area contributed by atoms with Gasteiger partial charge in [-0.15, -0.1) is 0 Å². The second-order valence-corrected chi connectivity index (χ2v) is 4.60. The third-order valence-corrected chi connectivity index (χ3v) is 3.59. The molecule has 1 aliphatic carbocycles. The average Bonchev–Trinajstić information content (AvgIpc) is 2.26. The first kappa shape index (κ1) is 10.3. The molecule has 2 nitrogen and oxygen atoms in total. The predicted molar refractivity (Wildman–Crippen MR) is 52.4 cm³/mol. The predicted octanol–water partition coefficient (Wildman–Crippen LogP) is 2.70. The molecule has 0 aromatic carbocycles. The van der Waals surface area contributed by atoms with Crippen LogP contribution in [0.1, 0.15) is 33.6 Å². The van der Waals surface area contributed by atoms with Crippen molar-refractivity contribution in [3.05, 3.63) is 12.2 Å². The van der Waals surface area contributed by atoms with E-state index in [4.69, 9.17) is 5.11 Å². The van der Waals surface area contributed by atoms with Crippen molar-refractivity contribution in [2.45, 2.75) is 33.6 Å². The molecule has 1 rings (SSSR count). The molecule has 1 fully saturated rings. The van der Waals surface area contributed by atoms with Gasteiger partial charge in [0.05, 0.1) is 5.92 Å². The van der Waals surface area contributed by atoms with E-state index in [1.54, 1.807) is 6.92 Å². The third kappa shape index (κ3) is 1.62. The van der Waals surface area contributed by atoms with Crippen molar-refractivity contribution in [3.63, 3.8) is 0 Å². The lowest BCUT2D eigenvalue weighted by atomic mass is 9.73. The minimum atomic E-state index is -0.687. The summed E-state index contributed by atoms with van der Waals surface area (Å²) < 4.78 is 0. The molecule has 0 bridgehead atoms. The summed E-state index contributed by atoms with van der Waals surface area (Å²) in [6.07, 6.45) is 1.95. The molecule has 0 aromatic rings. The van der Waals surface area contributed by atoms with Gasteiger partial charge in [-0.25, -0.2) is 0 Å². The van der Waals surface area contributed by atoms with Crippen LogP contribution in [0.5, 0.6) is 0 Å². The van der Waals surface area contributed by atoms with Crippen LogP contribution in [-0.4, -0.2) is 11.1 Å².